The van der Waals surface area contributed by atoms with E-state index < -0.39 is 29.3 Å². The van der Waals surface area contributed by atoms with Crippen molar-refractivity contribution in [2.45, 2.75) is 32.9 Å². The van der Waals surface area contributed by atoms with Crippen LogP contribution in [0.3, 0.4) is 0 Å². The Morgan fingerprint density at radius 1 is 1.26 bits per heavy atom. The molecule has 7 nitrogen and oxygen atoms in total. The molecule has 4 rings (SSSR count). The second-order valence-electron chi connectivity index (χ2n) is 7.32. The van der Waals surface area contributed by atoms with Crippen LogP contribution in [0.25, 0.3) is 0 Å². The quantitative estimate of drug-likeness (QED) is 0.565. The Labute approximate surface area is 182 Å². The molecule has 31 heavy (non-hydrogen) atoms. The number of aryl methyl sites for hydroxylation is 3. The summed E-state index contributed by atoms with van der Waals surface area (Å²) in [5, 5.41) is 11.4. The largest absolute Gasteiger partial charge is 0.503 e. The first-order chi connectivity index (χ1) is 14.9. The van der Waals surface area contributed by atoms with E-state index in [0.29, 0.717) is 28.5 Å². The van der Waals surface area contributed by atoms with Gasteiger partial charge in [0.2, 0.25) is 5.78 Å². The average molecular weight is 440 g/mol. The number of aliphatic hydroxyl groups excluding tert-OH is 1. The molecule has 0 saturated carbocycles. The first-order valence-corrected chi connectivity index (χ1v) is 10.6. The van der Waals surface area contributed by atoms with Crippen molar-refractivity contribution >= 4 is 23.0 Å². The highest BCUT2D eigenvalue weighted by atomic mass is 32.1. The molecule has 0 bridgehead atoms. The number of hydrogen-bond acceptors (Lipinski definition) is 6. The Balaban J connectivity index is 1.71. The molecule has 1 aliphatic rings. The number of ketones is 1. The lowest BCUT2D eigenvalue weighted by Crippen LogP contribution is -2.33. The normalized spacial score (nSPS) is 16.4. The van der Waals surface area contributed by atoms with Crippen molar-refractivity contribution in [3.05, 3.63) is 81.3 Å². The Hall–Kier alpha value is -3.33. The predicted octanol–water partition coefficient (Wildman–Crippen LogP) is 3.76. The fourth-order valence-corrected chi connectivity index (χ4v) is 4.72. The van der Waals surface area contributed by atoms with Gasteiger partial charge in [-0.1, -0.05) is 18.2 Å². The van der Waals surface area contributed by atoms with E-state index in [1.807, 2.05) is 4.57 Å². The number of benzene rings is 1. The maximum atomic E-state index is 14.8. The summed E-state index contributed by atoms with van der Waals surface area (Å²) in [6, 6.07) is 4.99. The lowest BCUT2D eigenvalue weighted by molar-refractivity contribution is -0.129. The number of amides is 1. The van der Waals surface area contributed by atoms with Gasteiger partial charge in [0.15, 0.2) is 5.76 Å². The van der Waals surface area contributed by atoms with Crippen molar-refractivity contribution in [2.75, 3.05) is 6.54 Å². The van der Waals surface area contributed by atoms with Crippen molar-refractivity contribution < 1.29 is 19.1 Å². The molecule has 0 spiro atoms. The summed E-state index contributed by atoms with van der Waals surface area (Å²) in [6.45, 7) is 4.30. The van der Waals surface area contributed by atoms with Crippen LogP contribution in [-0.2, 0) is 11.3 Å². The van der Waals surface area contributed by atoms with Crippen LogP contribution in [0.4, 0.5) is 4.39 Å². The molecular weight excluding hydrogens is 419 g/mol. The number of aromatic nitrogens is 3. The van der Waals surface area contributed by atoms with Crippen LogP contribution in [0.5, 0.6) is 0 Å². The molecule has 1 aromatic carbocycles. The molecule has 0 unspecified atom stereocenters. The summed E-state index contributed by atoms with van der Waals surface area (Å²) in [5.41, 5.74) is 0.584. The second-order valence-corrected chi connectivity index (χ2v) is 8.52. The standard InChI is InChI=1S/C22H21FN4O3S/c1-13-21(31-14(2)25-13)19(28)17-18(15-6-3-4-7-16(15)23)27(22(30)20(17)29)10-5-9-26-11-8-24-12-26/h3-4,6-8,11-12,18,29H,5,9-10H2,1-2H3/t18-/m1/s1. The SMILES string of the molecule is Cc1nc(C)c(C(=O)C2=C(O)C(=O)N(CCCn3ccnc3)[C@@H]2c2ccccc2F)s1. The Kier molecular flexibility index (Phi) is 5.69. The van der Waals surface area contributed by atoms with E-state index in [1.54, 1.807) is 44.7 Å². The van der Waals surface area contributed by atoms with Gasteiger partial charge in [-0.05, 0) is 26.3 Å². The molecule has 3 aromatic rings. The van der Waals surface area contributed by atoms with E-state index in [-0.39, 0.29) is 17.7 Å². The third kappa shape index (κ3) is 3.88. The minimum absolute atomic E-state index is 0.107. The highest BCUT2D eigenvalue weighted by Crippen LogP contribution is 2.41. The average Bonchev–Trinajstić information content (AvgIpc) is 3.43. The third-order valence-electron chi connectivity index (χ3n) is 5.23. The van der Waals surface area contributed by atoms with Crippen LogP contribution in [0.1, 0.15) is 38.4 Å². The van der Waals surface area contributed by atoms with Crippen LogP contribution in [0.2, 0.25) is 0 Å². The number of thiazole rings is 1. The van der Waals surface area contributed by atoms with Crippen LogP contribution >= 0.6 is 11.3 Å². The Morgan fingerprint density at radius 3 is 2.68 bits per heavy atom. The molecule has 0 fully saturated rings. The number of imidazole rings is 1. The number of Topliss-reactive ketones (excluding diaryl/α,β-unsaturated/α-hetero) is 1. The van der Waals surface area contributed by atoms with Gasteiger partial charge in [-0.15, -0.1) is 11.3 Å². The molecule has 0 aliphatic carbocycles. The van der Waals surface area contributed by atoms with Crippen LogP contribution < -0.4 is 0 Å². The highest BCUT2D eigenvalue weighted by molar-refractivity contribution is 7.14. The zero-order valence-electron chi connectivity index (χ0n) is 17.1. The van der Waals surface area contributed by atoms with Gasteiger partial charge in [0, 0.05) is 31.0 Å². The molecule has 1 atom stereocenters. The topological polar surface area (TPSA) is 88.3 Å². The first-order valence-electron chi connectivity index (χ1n) is 9.81. The summed E-state index contributed by atoms with van der Waals surface area (Å²) in [7, 11) is 0. The van der Waals surface area contributed by atoms with Crippen molar-refractivity contribution in [2.24, 2.45) is 0 Å². The number of halogens is 1. The predicted molar refractivity (Wildman–Crippen MR) is 113 cm³/mol. The van der Waals surface area contributed by atoms with Crippen LogP contribution in [0.15, 0.2) is 54.3 Å². The van der Waals surface area contributed by atoms with Gasteiger partial charge in [0.05, 0.1) is 33.5 Å². The number of rotatable bonds is 7. The van der Waals surface area contributed by atoms with Gasteiger partial charge < -0.3 is 14.6 Å². The number of nitrogens with zero attached hydrogens (tertiary/aromatic N) is 4. The molecule has 0 radical (unpaired) electrons. The van der Waals surface area contributed by atoms with Gasteiger partial charge in [0.1, 0.15) is 5.82 Å². The van der Waals surface area contributed by atoms with Crippen molar-refractivity contribution in [3.8, 4) is 0 Å². The Bertz CT molecular complexity index is 1170. The Morgan fingerprint density at radius 2 is 2.03 bits per heavy atom. The number of carbonyl (C=O) groups excluding carboxylic acids is 2. The van der Waals surface area contributed by atoms with Gasteiger partial charge >= 0.3 is 0 Å². The summed E-state index contributed by atoms with van der Waals surface area (Å²) < 4.78 is 16.6. The van der Waals surface area contributed by atoms with Crippen LogP contribution in [-0.4, -0.2) is 42.8 Å². The van der Waals surface area contributed by atoms with E-state index in [0.717, 1.165) is 0 Å². The summed E-state index contributed by atoms with van der Waals surface area (Å²) >= 11 is 1.19. The highest BCUT2D eigenvalue weighted by Gasteiger charge is 2.45. The summed E-state index contributed by atoms with van der Waals surface area (Å²) in [5.74, 6) is -2.36. The van der Waals surface area contributed by atoms with Gasteiger partial charge in [-0.25, -0.2) is 14.4 Å². The lowest BCUT2D eigenvalue weighted by atomic mass is 9.94. The zero-order valence-corrected chi connectivity index (χ0v) is 17.9. The molecule has 1 N–H and O–H groups in total. The molecule has 160 valence electrons. The van der Waals surface area contributed by atoms with Crippen molar-refractivity contribution in [3.63, 3.8) is 0 Å². The lowest BCUT2D eigenvalue weighted by Gasteiger charge is -2.27. The first kappa shape index (κ1) is 20.9. The molecule has 9 heteroatoms. The van der Waals surface area contributed by atoms with Crippen molar-refractivity contribution in [1.82, 2.24) is 19.4 Å². The minimum Gasteiger partial charge on any atom is -0.503 e. The number of hydrogen-bond donors (Lipinski definition) is 1. The summed E-state index contributed by atoms with van der Waals surface area (Å²) in [4.78, 5) is 36.3. The monoisotopic (exact) mass is 440 g/mol. The maximum Gasteiger partial charge on any atom is 0.290 e. The summed E-state index contributed by atoms with van der Waals surface area (Å²) in [6.07, 6.45) is 5.67. The molecule has 1 amide bonds. The third-order valence-corrected chi connectivity index (χ3v) is 6.30. The van der Waals surface area contributed by atoms with E-state index >= 15 is 0 Å². The molecule has 2 aromatic heterocycles. The molecule has 1 aliphatic heterocycles. The van der Waals surface area contributed by atoms with E-state index in [2.05, 4.69) is 9.97 Å². The van der Waals surface area contributed by atoms with Crippen LogP contribution in [0, 0.1) is 19.7 Å². The zero-order chi connectivity index (χ0) is 22.1. The smallest absolute Gasteiger partial charge is 0.290 e. The molecular formula is C22H21FN4O3S. The van der Waals surface area contributed by atoms with Gasteiger partial charge in [0.25, 0.3) is 5.91 Å². The fourth-order valence-electron chi connectivity index (χ4n) is 3.84. The van der Waals surface area contributed by atoms with E-state index in [4.69, 9.17) is 0 Å². The van der Waals surface area contributed by atoms with Crippen molar-refractivity contribution in [1.29, 1.82) is 0 Å². The minimum atomic E-state index is -1.01. The number of carbonyl (C=O) groups is 2. The maximum absolute atomic E-state index is 14.8. The van der Waals surface area contributed by atoms with E-state index in [9.17, 15) is 19.1 Å². The van der Waals surface area contributed by atoms with Gasteiger partial charge in [-0.3, -0.25) is 9.59 Å². The van der Waals surface area contributed by atoms with Gasteiger partial charge in [-0.2, -0.15) is 0 Å². The second kappa shape index (κ2) is 8.43. The van der Waals surface area contributed by atoms with E-state index in [1.165, 1.54) is 28.4 Å². The molecule has 0 saturated heterocycles. The number of aliphatic hydroxyl groups is 1. The molecule has 3 heterocycles. The fraction of sp³-hybridized carbons (Fsp3) is 0.273.